The second-order valence-corrected chi connectivity index (χ2v) is 13.3. The first-order valence-electron chi connectivity index (χ1n) is 10.4. The Balaban J connectivity index is 3.24. The van der Waals surface area contributed by atoms with Crippen molar-refractivity contribution in [1.29, 1.82) is 0 Å². The van der Waals surface area contributed by atoms with Crippen LogP contribution in [0.5, 0.6) is 5.75 Å². The van der Waals surface area contributed by atoms with Gasteiger partial charge in [0, 0.05) is 0 Å². The van der Waals surface area contributed by atoms with E-state index in [1.54, 1.807) is 0 Å². The average molecular weight is 353 g/mol. The van der Waals surface area contributed by atoms with Gasteiger partial charge in [0.2, 0.25) is 0 Å². The molecular weight excluding hydrogens is 311 g/mol. The molecule has 24 heavy (non-hydrogen) atoms. The Morgan fingerprint density at radius 1 is 0.625 bits per heavy atom. The van der Waals surface area contributed by atoms with Crippen molar-refractivity contribution in [1.82, 2.24) is 0 Å². The van der Waals surface area contributed by atoms with E-state index in [4.69, 9.17) is 4.52 Å². The molecular formula is C22H41OP. The van der Waals surface area contributed by atoms with Crippen LogP contribution in [0.4, 0.5) is 0 Å². The van der Waals surface area contributed by atoms with Crippen molar-refractivity contribution in [2.45, 2.75) is 79.1 Å². The monoisotopic (exact) mass is 352 g/mol. The molecule has 0 heterocycles. The van der Waals surface area contributed by atoms with Crippen LogP contribution in [0.15, 0.2) is 30.3 Å². The zero-order valence-electron chi connectivity index (χ0n) is 16.7. The Kier molecular flexibility index (Phi) is 9.98. The van der Waals surface area contributed by atoms with Crippen molar-refractivity contribution in [2.75, 3.05) is 24.6 Å². The minimum atomic E-state index is -2.17. The number of hydrogen-bond acceptors (Lipinski definition) is 1. The fraction of sp³-hybridized carbons (Fsp3) is 0.727. The number of hydrogen-bond donors (Lipinski definition) is 0. The van der Waals surface area contributed by atoms with E-state index >= 15 is 0 Å². The number of benzene rings is 1. The zero-order chi connectivity index (χ0) is 17.8. The van der Waals surface area contributed by atoms with E-state index in [1.165, 1.54) is 76.0 Å². The van der Waals surface area contributed by atoms with Crippen molar-refractivity contribution < 1.29 is 4.52 Å². The molecule has 0 amide bonds. The summed E-state index contributed by atoms with van der Waals surface area (Å²) >= 11 is 0. The van der Waals surface area contributed by atoms with Crippen LogP contribution in [-0.4, -0.2) is 24.6 Å². The number of rotatable bonds is 14. The molecule has 0 fully saturated rings. The van der Waals surface area contributed by atoms with Crippen LogP contribution in [0.2, 0.25) is 0 Å². The zero-order valence-corrected chi connectivity index (χ0v) is 17.6. The Bertz CT molecular complexity index is 385. The van der Waals surface area contributed by atoms with Crippen molar-refractivity contribution in [3.05, 3.63) is 30.3 Å². The van der Waals surface area contributed by atoms with Crippen LogP contribution in [0.1, 0.15) is 79.1 Å². The van der Waals surface area contributed by atoms with Crippen LogP contribution in [0.3, 0.4) is 0 Å². The van der Waals surface area contributed by atoms with Gasteiger partial charge in [-0.2, -0.15) is 0 Å². The molecule has 0 unspecified atom stereocenters. The van der Waals surface area contributed by atoms with Gasteiger partial charge in [-0.25, -0.2) is 0 Å². The molecule has 0 aromatic heterocycles. The second-order valence-electron chi connectivity index (χ2n) is 7.57. The van der Waals surface area contributed by atoms with Gasteiger partial charge >= 0.3 is 151 Å². The van der Waals surface area contributed by atoms with Gasteiger partial charge in [-0.05, 0) is 0 Å². The minimum absolute atomic E-state index is 1.12. The third-order valence-electron chi connectivity index (χ3n) is 5.42. The molecule has 1 nitrogen and oxygen atoms in total. The number of para-hydroxylation sites is 1. The van der Waals surface area contributed by atoms with Crippen LogP contribution in [0.25, 0.3) is 0 Å². The molecule has 0 spiro atoms. The predicted octanol–water partition coefficient (Wildman–Crippen LogP) is 7.73. The average Bonchev–Trinajstić information content (AvgIpc) is 2.63. The van der Waals surface area contributed by atoms with E-state index in [0.717, 1.165) is 5.75 Å². The normalized spacial score (nSPS) is 13.4. The Morgan fingerprint density at radius 2 is 1.00 bits per heavy atom. The molecule has 0 aliphatic rings. The van der Waals surface area contributed by atoms with Gasteiger partial charge in [0.15, 0.2) is 0 Å². The second kappa shape index (κ2) is 11.1. The third-order valence-corrected chi connectivity index (χ3v) is 11.9. The van der Waals surface area contributed by atoms with E-state index in [0.29, 0.717) is 0 Å². The Hall–Kier alpha value is -0.550. The summed E-state index contributed by atoms with van der Waals surface area (Å²) in [4.78, 5) is 0. The maximum atomic E-state index is 7.13. The molecule has 0 saturated carbocycles. The molecule has 0 aliphatic carbocycles. The molecule has 1 rings (SSSR count). The van der Waals surface area contributed by atoms with E-state index in [-0.39, 0.29) is 0 Å². The molecule has 0 aliphatic heterocycles. The summed E-state index contributed by atoms with van der Waals surface area (Å²) in [5, 5.41) is 0. The third kappa shape index (κ3) is 6.40. The number of unbranched alkanes of at least 4 members (excludes halogenated alkanes) is 4. The van der Waals surface area contributed by atoms with Gasteiger partial charge in [0.05, 0.1) is 0 Å². The molecule has 0 bridgehead atoms. The SMILES string of the molecule is CCCCP(CCCC)(CCCC)(CCCC)Oc1ccccc1. The summed E-state index contributed by atoms with van der Waals surface area (Å²) in [6, 6.07) is 10.7. The van der Waals surface area contributed by atoms with Gasteiger partial charge in [0.25, 0.3) is 0 Å². The summed E-state index contributed by atoms with van der Waals surface area (Å²) in [5.41, 5.74) is 0. The van der Waals surface area contributed by atoms with Gasteiger partial charge in [-0.1, -0.05) is 0 Å². The molecule has 0 saturated heterocycles. The first-order chi connectivity index (χ1) is 11.6. The maximum absolute atomic E-state index is 7.13. The molecule has 1 aromatic carbocycles. The van der Waals surface area contributed by atoms with Gasteiger partial charge in [-0.15, -0.1) is 0 Å². The predicted molar refractivity (Wildman–Crippen MR) is 113 cm³/mol. The van der Waals surface area contributed by atoms with Crippen molar-refractivity contribution in [3.63, 3.8) is 0 Å². The van der Waals surface area contributed by atoms with E-state index in [2.05, 4.69) is 58.0 Å². The summed E-state index contributed by atoms with van der Waals surface area (Å²) in [5.74, 6) is 1.12. The van der Waals surface area contributed by atoms with Crippen molar-refractivity contribution in [2.24, 2.45) is 0 Å². The Morgan fingerprint density at radius 3 is 1.33 bits per heavy atom. The summed E-state index contributed by atoms with van der Waals surface area (Å²) in [7, 11) is 0. The van der Waals surface area contributed by atoms with E-state index < -0.39 is 6.83 Å². The topological polar surface area (TPSA) is 9.23 Å². The summed E-state index contributed by atoms with van der Waals surface area (Å²) in [6.07, 6.45) is 15.7. The van der Waals surface area contributed by atoms with Crippen molar-refractivity contribution >= 4 is 6.83 Å². The van der Waals surface area contributed by atoms with Crippen LogP contribution < -0.4 is 4.52 Å². The van der Waals surface area contributed by atoms with Crippen molar-refractivity contribution in [3.8, 4) is 5.75 Å². The van der Waals surface area contributed by atoms with Gasteiger partial charge in [-0.3, -0.25) is 0 Å². The molecule has 0 N–H and O–H groups in total. The molecule has 0 atom stereocenters. The standard InChI is InChI=1S/C22H41OP/c1-5-9-18-24(19-10-6-2,20-11-7-3,21-12-8-4)23-22-16-14-13-15-17-22/h13-17H,5-12,18-21H2,1-4H3. The van der Waals surface area contributed by atoms with Crippen LogP contribution in [-0.2, 0) is 0 Å². The summed E-state index contributed by atoms with van der Waals surface area (Å²) < 4.78 is 7.13. The molecule has 0 radical (unpaired) electrons. The van der Waals surface area contributed by atoms with E-state index in [1.807, 2.05) is 0 Å². The van der Waals surface area contributed by atoms with E-state index in [9.17, 15) is 0 Å². The summed E-state index contributed by atoms with van der Waals surface area (Å²) in [6.45, 7) is 7.14. The Labute approximate surface area is 151 Å². The molecule has 140 valence electrons. The molecule has 1 aromatic rings. The quantitative estimate of drug-likeness (QED) is 0.311. The van der Waals surface area contributed by atoms with Gasteiger partial charge < -0.3 is 0 Å². The fourth-order valence-electron chi connectivity index (χ4n) is 3.87. The first-order valence-corrected chi connectivity index (χ1v) is 13.3. The first kappa shape index (κ1) is 21.5. The van der Waals surface area contributed by atoms with Gasteiger partial charge in [0.1, 0.15) is 0 Å². The fourth-order valence-corrected chi connectivity index (χ4v) is 10.8. The van der Waals surface area contributed by atoms with Crippen LogP contribution in [0, 0.1) is 0 Å². The van der Waals surface area contributed by atoms with Crippen LogP contribution >= 0.6 is 6.83 Å². The molecule has 2 heteroatoms.